The van der Waals surface area contributed by atoms with Gasteiger partial charge in [-0.05, 0) is 64.6 Å². The molecule has 0 N–H and O–H groups in total. The maximum atomic E-state index is 2.39. The van der Waals surface area contributed by atoms with E-state index in [-0.39, 0.29) is 0 Å². The number of aromatic nitrogens is 1. The molecule has 3 heteroatoms. The number of rotatable bonds is 0. The Balaban J connectivity index is 3.44. The fourth-order valence-electron chi connectivity index (χ4n) is 0.908. The fraction of sp³-hybridized carbons (Fsp3) is 0.429. The van der Waals surface area contributed by atoms with Crippen molar-refractivity contribution in [3.05, 3.63) is 18.5 Å². The van der Waals surface area contributed by atoms with Crippen LogP contribution in [0.3, 0.4) is 0 Å². The predicted molar refractivity (Wildman–Crippen MR) is 60.3 cm³/mol. The lowest BCUT2D eigenvalue weighted by Crippen LogP contribution is -1.92. The van der Waals surface area contributed by atoms with E-state index in [9.17, 15) is 0 Å². The molecule has 0 bridgehead atoms. The monoisotopic (exact) mass is 361 g/mol. The van der Waals surface area contributed by atoms with Crippen molar-refractivity contribution in [2.75, 3.05) is 0 Å². The first-order valence-corrected chi connectivity index (χ1v) is 5.18. The first-order chi connectivity index (χ1) is 4.55. The third kappa shape index (κ3) is 1.22. The van der Waals surface area contributed by atoms with Crippen molar-refractivity contribution < 1.29 is 0 Å². The summed E-state index contributed by atoms with van der Waals surface area (Å²) in [6.45, 7) is 4.31. The van der Waals surface area contributed by atoms with Crippen molar-refractivity contribution in [1.29, 1.82) is 0 Å². The highest BCUT2D eigenvalue weighted by Gasteiger charge is 2.09. The summed E-state index contributed by atoms with van der Waals surface area (Å²) < 4.78 is 4.96. The maximum absolute atomic E-state index is 2.39. The van der Waals surface area contributed by atoms with Gasteiger partial charge in [0.15, 0.2) is 0 Å². The van der Waals surface area contributed by atoms with Crippen LogP contribution >= 0.6 is 45.2 Å². The molecule has 0 aliphatic heterocycles. The quantitative estimate of drug-likeness (QED) is 0.627. The van der Waals surface area contributed by atoms with Crippen LogP contribution in [0.4, 0.5) is 0 Å². The van der Waals surface area contributed by atoms with Gasteiger partial charge in [0.05, 0.1) is 3.70 Å². The Bertz CT molecular complexity index is 183. The molecular formula is C7H9I2N. The highest BCUT2D eigenvalue weighted by Crippen LogP contribution is 2.23. The van der Waals surface area contributed by atoms with Crippen LogP contribution in [-0.4, -0.2) is 4.57 Å². The van der Waals surface area contributed by atoms with Gasteiger partial charge in [0.2, 0.25) is 0 Å². The Labute approximate surface area is 88.5 Å². The van der Waals surface area contributed by atoms with E-state index in [1.807, 2.05) is 0 Å². The zero-order chi connectivity index (χ0) is 7.89. The average Bonchev–Trinajstić information content (AvgIpc) is 2.07. The minimum atomic E-state index is 1.35. The molecule has 0 aliphatic carbocycles. The smallest absolute Gasteiger partial charge is 0.0838 e. The van der Waals surface area contributed by atoms with E-state index in [0.717, 1.165) is 0 Å². The van der Waals surface area contributed by atoms with Crippen molar-refractivity contribution in [1.82, 2.24) is 4.57 Å². The average molecular weight is 361 g/mol. The van der Waals surface area contributed by atoms with Crippen molar-refractivity contribution >= 4 is 45.2 Å². The minimum Gasteiger partial charge on any atom is -0.342 e. The van der Waals surface area contributed by atoms with Crippen molar-refractivity contribution in [2.24, 2.45) is 7.05 Å². The summed E-state index contributed by atoms with van der Waals surface area (Å²) in [6.07, 6.45) is 0. The van der Waals surface area contributed by atoms with Gasteiger partial charge in [-0.25, -0.2) is 0 Å². The van der Waals surface area contributed by atoms with Gasteiger partial charge in [0.1, 0.15) is 0 Å². The zero-order valence-electron chi connectivity index (χ0n) is 6.20. The highest BCUT2D eigenvalue weighted by atomic mass is 127. The Kier molecular flexibility index (Phi) is 2.65. The summed E-state index contributed by atoms with van der Waals surface area (Å²) in [5.74, 6) is 0. The summed E-state index contributed by atoms with van der Waals surface area (Å²) in [4.78, 5) is 0. The molecule has 0 saturated carbocycles. The number of nitrogens with zero attached hydrogens (tertiary/aromatic N) is 1. The Morgan fingerprint density at radius 2 is 1.70 bits per heavy atom. The summed E-state index contributed by atoms with van der Waals surface area (Å²) >= 11 is 4.76. The van der Waals surface area contributed by atoms with Crippen LogP contribution in [0.2, 0.25) is 0 Å². The second-order valence-corrected chi connectivity index (χ2v) is 4.47. The number of halogens is 2. The molecule has 0 unspecified atom stereocenters. The topological polar surface area (TPSA) is 4.93 Å². The van der Waals surface area contributed by atoms with Crippen molar-refractivity contribution in [2.45, 2.75) is 13.8 Å². The van der Waals surface area contributed by atoms with E-state index in [2.05, 4.69) is 70.6 Å². The second kappa shape index (κ2) is 3.00. The number of hydrogen-bond acceptors (Lipinski definition) is 0. The van der Waals surface area contributed by atoms with E-state index in [4.69, 9.17) is 0 Å². The summed E-state index contributed by atoms with van der Waals surface area (Å²) in [5, 5.41) is 0. The number of hydrogen-bond donors (Lipinski definition) is 0. The molecular weight excluding hydrogens is 352 g/mol. The fourth-order valence-corrected chi connectivity index (χ4v) is 2.67. The first kappa shape index (κ1) is 8.83. The molecule has 0 spiro atoms. The molecule has 0 saturated heterocycles. The van der Waals surface area contributed by atoms with Crippen LogP contribution in [0.1, 0.15) is 11.3 Å². The van der Waals surface area contributed by atoms with E-state index in [0.29, 0.717) is 0 Å². The lowest BCUT2D eigenvalue weighted by molar-refractivity contribution is 0.852. The molecule has 0 radical (unpaired) electrons. The molecule has 10 heavy (non-hydrogen) atoms. The molecule has 1 heterocycles. The van der Waals surface area contributed by atoms with Gasteiger partial charge in [-0.1, -0.05) is 0 Å². The normalized spacial score (nSPS) is 10.5. The second-order valence-electron chi connectivity index (χ2n) is 2.37. The van der Waals surface area contributed by atoms with Crippen LogP contribution in [0.5, 0.6) is 0 Å². The van der Waals surface area contributed by atoms with Crippen LogP contribution < -0.4 is 0 Å². The van der Waals surface area contributed by atoms with Gasteiger partial charge in [0.25, 0.3) is 0 Å². The Hall–Kier alpha value is 0.740. The van der Waals surface area contributed by atoms with E-state index >= 15 is 0 Å². The first-order valence-electron chi connectivity index (χ1n) is 3.02. The lowest BCUT2D eigenvalue weighted by atomic mass is 10.4. The van der Waals surface area contributed by atoms with Gasteiger partial charge in [0, 0.05) is 16.3 Å². The van der Waals surface area contributed by atoms with E-state index < -0.39 is 0 Å². The molecule has 0 aliphatic rings. The van der Waals surface area contributed by atoms with E-state index in [1.54, 1.807) is 0 Å². The molecule has 1 aromatic rings. The lowest BCUT2D eigenvalue weighted by Gasteiger charge is -1.96. The summed E-state index contributed by atoms with van der Waals surface area (Å²) in [7, 11) is 2.10. The van der Waals surface area contributed by atoms with Crippen LogP contribution in [0.25, 0.3) is 0 Å². The summed E-state index contributed by atoms with van der Waals surface area (Å²) in [6, 6.07) is 0. The van der Waals surface area contributed by atoms with Gasteiger partial charge in [-0.15, -0.1) is 0 Å². The minimum absolute atomic E-state index is 1.35. The van der Waals surface area contributed by atoms with Crippen molar-refractivity contribution in [3.63, 3.8) is 0 Å². The van der Waals surface area contributed by atoms with Gasteiger partial charge in [-0.3, -0.25) is 0 Å². The molecule has 0 amide bonds. The molecule has 1 rings (SSSR count). The van der Waals surface area contributed by atoms with Crippen LogP contribution in [-0.2, 0) is 7.05 Å². The van der Waals surface area contributed by atoms with Crippen LogP contribution in [0.15, 0.2) is 0 Å². The van der Waals surface area contributed by atoms with Gasteiger partial charge in [-0.2, -0.15) is 0 Å². The standard InChI is InChI=1S/C7H9I2N/c1-4-6(8)5(2)10(3)7(4)9/h1-3H3. The molecule has 56 valence electrons. The largest absolute Gasteiger partial charge is 0.342 e. The van der Waals surface area contributed by atoms with Crippen molar-refractivity contribution in [3.8, 4) is 0 Å². The summed E-state index contributed by atoms with van der Waals surface area (Å²) in [5.41, 5.74) is 2.77. The molecule has 1 aromatic heterocycles. The van der Waals surface area contributed by atoms with Gasteiger partial charge >= 0.3 is 0 Å². The third-order valence-electron chi connectivity index (χ3n) is 1.75. The third-order valence-corrected chi connectivity index (χ3v) is 4.88. The Morgan fingerprint density at radius 3 is 1.80 bits per heavy atom. The van der Waals surface area contributed by atoms with Crippen LogP contribution in [0, 0.1) is 21.1 Å². The maximum Gasteiger partial charge on any atom is 0.0838 e. The predicted octanol–water partition coefficient (Wildman–Crippen LogP) is 2.85. The molecule has 0 aromatic carbocycles. The Morgan fingerprint density at radius 1 is 1.20 bits per heavy atom. The SMILES string of the molecule is Cc1c(I)c(C)n(C)c1I. The van der Waals surface area contributed by atoms with Gasteiger partial charge < -0.3 is 4.57 Å². The molecule has 0 fully saturated rings. The zero-order valence-corrected chi connectivity index (χ0v) is 10.5. The highest BCUT2D eigenvalue weighted by molar-refractivity contribution is 14.1. The van der Waals surface area contributed by atoms with E-state index in [1.165, 1.54) is 18.5 Å². The molecule has 1 nitrogen and oxygen atoms in total. The molecule has 0 atom stereocenters.